The fraction of sp³-hybridized carbons (Fsp3) is 0.357. The molecule has 0 amide bonds. The highest BCUT2D eigenvalue weighted by atomic mass is 79.9. The first kappa shape index (κ1) is 17.0. The van der Waals surface area contributed by atoms with Gasteiger partial charge >= 0.3 is 0 Å². The molecule has 0 aliphatic carbocycles. The largest absolute Gasteiger partial charge is 0.271 e. The number of rotatable bonds is 6. The predicted octanol–water partition coefficient (Wildman–Crippen LogP) is 4.29. The van der Waals surface area contributed by atoms with Crippen LogP contribution in [0.5, 0.6) is 0 Å². The van der Waals surface area contributed by atoms with Crippen LogP contribution in [0.1, 0.15) is 31.6 Å². The number of hydrogen-bond donors (Lipinski definition) is 2. The fourth-order valence-electron chi connectivity index (χ4n) is 2.03. The molecule has 0 fully saturated rings. The van der Waals surface area contributed by atoms with E-state index < -0.39 is 0 Å². The Morgan fingerprint density at radius 2 is 2.14 bits per heavy atom. The summed E-state index contributed by atoms with van der Waals surface area (Å²) < 4.78 is 4.06. The number of hydrazine groups is 1. The van der Waals surface area contributed by atoms with E-state index in [1.807, 2.05) is 23.0 Å². The molecule has 114 valence electrons. The van der Waals surface area contributed by atoms with Gasteiger partial charge in [0, 0.05) is 21.2 Å². The van der Waals surface area contributed by atoms with Crippen molar-refractivity contribution >= 4 is 43.6 Å². The van der Waals surface area contributed by atoms with Crippen molar-refractivity contribution in [3.05, 3.63) is 45.1 Å². The van der Waals surface area contributed by atoms with Crippen molar-refractivity contribution in [3.8, 4) is 0 Å². The maximum Gasteiger partial charge on any atom is 0.0734 e. The third kappa shape index (κ3) is 4.32. The zero-order valence-electron chi connectivity index (χ0n) is 11.9. The molecule has 0 radical (unpaired) electrons. The van der Waals surface area contributed by atoms with Crippen LogP contribution in [0.2, 0.25) is 0 Å². The van der Waals surface area contributed by atoms with Crippen LogP contribution in [0.25, 0.3) is 0 Å². The van der Waals surface area contributed by atoms with Gasteiger partial charge in [0.25, 0.3) is 0 Å². The van der Waals surface area contributed by atoms with Gasteiger partial charge < -0.3 is 0 Å². The van der Waals surface area contributed by atoms with Crippen molar-refractivity contribution in [3.63, 3.8) is 0 Å². The molecule has 0 spiro atoms. The van der Waals surface area contributed by atoms with Gasteiger partial charge in [0.15, 0.2) is 0 Å². The Hall–Kier alpha value is -0.340. The zero-order chi connectivity index (χ0) is 15.4. The molecule has 0 aliphatic rings. The summed E-state index contributed by atoms with van der Waals surface area (Å²) in [5.74, 6) is 6.58. The van der Waals surface area contributed by atoms with Crippen LogP contribution >= 0.6 is 43.6 Å². The Bertz CT molecular complexity index is 600. The van der Waals surface area contributed by atoms with Gasteiger partial charge in [0.1, 0.15) is 0 Å². The summed E-state index contributed by atoms with van der Waals surface area (Å²) >= 11 is 8.82. The Morgan fingerprint density at radius 1 is 1.38 bits per heavy atom. The first-order chi connectivity index (χ1) is 10.0. The molecule has 4 nitrogen and oxygen atoms in total. The van der Waals surface area contributed by atoms with Gasteiger partial charge in [-0.15, -0.1) is 11.8 Å². The van der Waals surface area contributed by atoms with Crippen molar-refractivity contribution in [2.24, 2.45) is 5.84 Å². The summed E-state index contributed by atoms with van der Waals surface area (Å²) in [6.45, 7) is 4.22. The van der Waals surface area contributed by atoms with E-state index in [1.54, 1.807) is 11.8 Å². The summed E-state index contributed by atoms with van der Waals surface area (Å²) in [5.41, 5.74) is 3.98. The van der Waals surface area contributed by atoms with Gasteiger partial charge in [0.2, 0.25) is 0 Å². The molecule has 1 heterocycles. The first-order valence-electron chi connectivity index (χ1n) is 6.60. The van der Waals surface area contributed by atoms with Gasteiger partial charge in [-0.25, -0.2) is 0 Å². The standard InChI is InChI=1S/C14H18Br2N4S/c1-9(2)20-14(12(16)7-18-20)13(19-17)8-21-11-5-3-4-10(15)6-11/h3-7,9,13,19H,8,17H2,1-2H3. The number of benzene rings is 1. The lowest BCUT2D eigenvalue weighted by atomic mass is 10.2. The van der Waals surface area contributed by atoms with Gasteiger partial charge in [-0.05, 0) is 48.0 Å². The van der Waals surface area contributed by atoms with E-state index in [0.717, 1.165) is 20.4 Å². The minimum Gasteiger partial charge on any atom is -0.271 e. The molecular weight excluding hydrogens is 416 g/mol. The smallest absolute Gasteiger partial charge is 0.0734 e. The van der Waals surface area contributed by atoms with Crippen molar-refractivity contribution in [2.75, 3.05) is 5.75 Å². The van der Waals surface area contributed by atoms with Crippen LogP contribution in [0, 0.1) is 0 Å². The van der Waals surface area contributed by atoms with E-state index in [0.29, 0.717) is 0 Å². The highest BCUT2D eigenvalue weighted by Gasteiger charge is 2.20. The average Bonchev–Trinajstić information content (AvgIpc) is 2.82. The Morgan fingerprint density at radius 3 is 2.76 bits per heavy atom. The third-order valence-corrected chi connectivity index (χ3v) is 5.21. The molecule has 7 heteroatoms. The number of nitrogens with one attached hydrogen (secondary N) is 1. The lowest BCUT2D eigenvalue weighted by Crippen LogP contribution is -2.32. The molecule has 1 aromatic carbocycles. The van der Waals surface area contributed by atoms with Crippen LogP contribution in [-0.4, -0.2) is 15.5 Å². The third-order valence-electron chi connectivity index (χ3n) is 3.02. The molecule has 2 rings (SSSR count). The molecule has 1 atom stereocenters. The van der Waals surface area contributed by atoms with Crippen LogP contribution in [0.3, 0.4) is 0 Å². The summed E-state index contributed by atoms with van der Waals surface area (Å²) in [7, 11) is 0. The molecule has 0 saturated carbocycles. The topological polar surface area (TPSA) is 55.9 Å². The Kier molecular flexibility index (Phi) is 6.31. The molecule has 1 aromatic heterocycles. The Labute approximate surface area is 146 Å². The van der Waals surface area contributed by atoms with Gasteiger partial charge in [-0.3, -0.25) is 16.0 Å². The van der Waals surface area contributed by atoms with Gasteiger partial charge in [0.05, 0.1) is 22.4 Å². The van der Waals surface area contributed by atoms with Gasteiger partial charge in [-0.2, -0.15) is 5.10 Å². The number of nitrogens with two attached hydrogens (primary N) is 1. The molecule has 2 aromatic rings. The van der Waals surface area contributed by atoms with Gasteiger partial charge in [-0.1, -0.05) is 22.0 Å². The monoisotopic (exact) mass is 432 g/mol. The van der Waals surface area contributed by atoms with Crippen LogP contribution in [0.4, 0.5) is 0 Å². The summed E-state index contributed by atoms with van der Waals surface area (Å²) in [6, 6.07) is 8.56. The first-order valence-corrected chi connectivity index (χ1v) is 9.17. The van der Waals surface area contributed by atoms with E-state index in [2.05, 4.69) is 68.4 Å². The van der Waals surface area contributed by atoms with E-state index in [9.17, 15) is 0 Å². The van der Waals surface area contributed by atoms with Crippen molar-refractivity contribution in [1.29, 1.82) is 0 Å². The highest BCUT2D eigenvalue weighted by Crippen LogP contribution is 2.31. The highest BCUT2D eigenvalue weighted by molar-refractivity contribution is 9.10. The molecule has 0 bridgehead atoms. The minimum absolute atomic E-state index is 0.0215. The van der Waals surface area contributed by atoms with E-state index in [1.165, 1.54) is 4.90 Å². The lowest BCUT2D eigenvalue weighted by Gasteiger charge is -2.20. The number of thioether (sulfide) groups is 1. The second-order valence-corrected chi connectivity index (χ2v) is 7.77. The molecule has 21 heavy (non-hydrogen) atoms. The zero-order valence-corrected chi connectivity index (χ0v) is 15.9. The van der Waals surface area contributed by atoms with Crippen molar-refractivity contribution in [2.45, 2.75) is 30.8 Å². The van der Waals surface area contributed by atoms with Crippen LogP contribution in [-0.2, 0) is 0 Å². The molecule has 3 N–H and O–H groups in total. The molecular formula is C14H18Br2N4S. The Balaban J connectivity index is 2.15. The second-order valence-electron chi connectivity index (χ2n) is 4.90. The summed E-state index contributed by atoms with van der Waals surface area (Å²) in [4.78, 5) is 1.20. The summed E-state index contributed by atoms with van der Waals surface area (Å²) in [5, 5.41) is 4.41. The van der Waals surface area contributed by atoms with Crippen molar-refractivity contribution < 1.29 is 0 Å². The lowest BCUT2D eigenvalue weighted by molar-refractivity contribution is 0.467. The quantitative estimate of drug-likeness (QED) is 0.405. The molecule has 1 unspecified atom stereocenters. The maximum absolute atomic E-state index is 5.76. The maximum atomic E-state index is 5.76. The molecule has 0 aliphatic heterocycles. The number of hydrogen-bond acceptors (Lipinski definition) is 4. The normalized spacial score (nSPS) is 12.9. The summed E-state index contributed by atoms with van der Waals surface area (Å²) in [6.07, 6.45) is 1.82. The number of halogens is 2. The van der Waals surface area contributed by atoms with Crippen LogP contribution in [0.15, 0.2) is 44.3 Å². The van der Waals surface area contributed by atoms with Crippen LogP contribution < -0.4 is 11.3 Å². The number of aromatic nitrogens is 2. The van der Waals surface area contributed by atoms with E-state index in [4.69, 9.17) is 5.84 Å². The van der Waals surface area contributed by atoms with E-state index in [-0.39, 0.29) is 12.1 Å². The van der Waals surface area contributed by atoms with Crippen molar-refractivity contribution in [1.82, 2.24) is 15.2 Å². The SMILES string of the molecule is CC(C)n1ncc(Br)c1C(CSc1cccc(Br)c1)NN. The second kappa shape index (κ2) is 7.78. The predicted molar refractivity (Wildman–Crippen MR) is 95.2 cm³/mol. The molecule has 0 saturated heterocycles. The minimum atomic E-state index is 0.0215. The van der Waals surface area contributed by atoms with E-state index >= 15 is 0 Å². The average molecular weight is 434 g/mol. The fourth-order valence-corrected chi connectivity index (χ4v) is 4.13. The number of nitrogens with zero attached hydrogens (tertiary/aromatic N) is 2.